The van der Waals surface area contributed by atoms with Crippen LogP contribution in [0, 0.1) is 11.2 Å². The van der Waals surface area contributed by atoms with Crippen molar-refractivity contribution in [2.75, 3.05) is 13.3 Å². The second-order valence-corrected chi connectivity index (χ2v) is 5.92. The molecule has 0 saturated carbocycles. The maximum atomic E-state index is 13.5. The van der Waals surface area contributed by atoms with Gasteiger partial charge in [-0.3, -0.25) is 4.79 Å². The molecule has 0 atom stereocenters. The molecule has 1 aromatic rings. The van der Waals surface area contributed by atoms with Crippen LogP contribution in [0.2, 0.25) is 0 Å². The number of amides is 1. The van der Waals surface area contributed by atoms with Crippen LogP contribution in [0.3, 0.4) is 0 Å². The molecule has 4 nitrogen and oxygen atoms in total. The molecule has 0 aromatic heterocycles. The Morgan fingerprint density at radius 1 is 1.40 bits per heavy atom. The van der Waals surface area contributed by atoms with E-state index in [0.717, 1.165) is 5.56 Å². The molecular weight excluding hydrogens is 261 g/mol. The zero-order valence-electron chi connectivity index (χ0n) is 12.1. The molecule has 0 fully saturated rings. The van der Waals surface area contributed by atoms with Crippen molar-refractivity contribution >= 4 is 5.91 Å². The molecule has 20 heavy (non-hydrogen) atoms. The molecule has 1 aromatic carbocycles. The fourth-order valence-corrected chi connectivity index (χ4v) is 2.02. The number of halogens is 1. The van der Waals surface area contributed by atoms with Crippen LogP contribution < -0.4 is 10.1 Å². The van der Waals surface area contributed by atoms with E-state index in [1.165, 1.54) is 12.1 Å². The maximum absolute atomic E-state index is 13.5. The second kappa shape index (κ2) is 5.79. The lowest BCUT2D eigenvalue weighted by atomic mass is 9.95. The van der Waals surface area contributed by atoms with E-state index in [0.29, 0.717) is 30.9 Å². The Labute approximate surface area is 118 Å². The lowest BCUT2D eigenvalue weighted by Gasteiger charge is -2.21. The van der Waals surface area contributed by atoms with E-state index in [4.69, 9.17) is 9.47 Å². The molecule has 1 aliphatic heterocycles. The Bertz CT molecular complexity index is 509. The van der Waals surface area contributed by atoms with Crippen molar-refractivity contribution in [2.24, 2.45) is 5.41 Å². The Kier molecular flexibility index (Phi) is 4.28. The number of ether oxygens (including phenoxy) is 2. The van der Waals surface area contributed by atoms with E-state index in [9.17, 15) is 9.18 Å². The third-order valence-corrected chi connectivity index (χ3v) is 3.11. The largest absolute Gasteiger partial charge is 0.467 e. The zero-order chi connectivity index (χ0) is 14.8. The summed E-state index contributed by atoms with van der Waals surface area (Å²) in [7, 11) is 0. The highest BCUT2D eigenvalue weighted by molar-refractivity contribution is 5.81. The summed E-state index contributed by atoms with van der Waals surface area (Å²) in [6.45, 7) is 6.55. The lowest BCUT2D eigenvalue weighted by Crippen LogP contribution is -2.36. The van der Waals surface area contributed by atoms with Crippen LogP contribution in [0.4, 0.5) is 4.39 Å². The summed E-state index contributed by atoms with van der Waals surface area (Å²) >= 11 is 0. The summed E-state index contributed by atoms with van der Waals surface area (Å²) in [5.74, 6) is 0.352. The highest BCUT2D eigenvalue weighted by Crippen LogP contribution is 2.29. The first-order chi connectivity index (χ1) is 9.38. The van der Waals surface area contributed by atoms with Crippen LogP contribution >= 0.6 is 0 Å². The van der Waals surface area contributed by atoms with Gasteiger partial charge in [-0.1, -0.05) is 20.8 Å². The summed E-state index contributed by atoms with van der Waals surface area (Å²) in [4.78, 5) is 11.8. The van der Waals surface area contributed by atoms with E-state index in [2.05, 4.69) is 5.32 Å². The molecular formula is C15H20FNO3. The van der Waals surface area contributed by atoms with Gasteiger partial charge in [0.1, 0.15) is 11.6 Å². The van der Waals surface area contributed by atoms with Crippen molar-refractivity contribution in [3.8, 4) is 5.75 Å². The van der Waals surface area contributed by atoms with Crippen molar-refractivity contribution < 1.29 is 18.7 Å². The van der Waals surface area contributed by atoms with Gasteiger partial charge >= 0.3 is 0 Å². The van der Waals surface area contributed by atoms with E-state index < -0.39 is 5.41 Å². The van der Waals surface area contributed by atoms with Gasteiger partial charge in [-0.05, 0) is 24.1 Å². The highest BCUT2D eigenvalue weighted by atomic mass is 19.1. The summed E-state index contributed by atoms with van der Waals surface area (Å²) < 4.78 is 24.1. The van der Waals surface area contributed by atoms with Gasteiger partial charge in [0.2, 0.25) is 5.91 Å². The minimum absolute atomic E-state index is 0.0213. The zero-order valence-corrected chi connectivity index (χ0v) is 12.1. The summed E-state index contributed by atoms with van der Waals surface area (Å²) in [6, 6.07) is 2.87. The first-order valence-corrected chi connectivity index (χ1v) is 6.68. The molecule has 0 radical (unpaired) electrons. The molecule has 0 saturated heterocycles. The number of hydrogen-bond donors (Lipinski definition) is 1. The molecule has 1 heterocycles. The van der Waals surface area contributed by atoms with Gasteiger partial charge in [0.05, 0.1) is 6.61 Å². The molecule has 2 rings (SSSR count). The predicted octanol–water partition coefficient (Wildman–Crippen LogP) is 2.40. The Morgan fingerprint density at radius 3 is 2.85 bits per heavy atom. The number of nitrogens with one attached hydrogen (secondary N) is 1. The standard InChI is InChI=1S/C15H20FNO3/c1-15(2,3)14(18)17-5-4-10-6-12(16)7-11-8-19-9-20-13(10)11/h6-7H,4-5,8-9H2,1-3H3,(H,17,18). The molecule has 110 valence electrons. The number of fused-ring (bicyclic) bond motifs is 1. The Hall–Kier alpha value is -1.62. The van der Waals surface area contributed by atoms with Gasteiger partial charge in [0.15, 0.2) is 6.79 Å². The Balaban J connectivity index is 2.03. The fraction of sp³-hybridized carbons (Fsp3) is 0.533. The molecule has 1 N–H and O–H groups in total. The topological polar surface area (TPSA) is 47.6 Å². The number of carbonyl (C=O) groups excluding carboxylic acids is 1. The third-order valence-electron chi connectivity index (χ3n) is 3.11. The quantitative estimate of drug-likeness (QED) is 0.925. The predicted molar refractivity (Wildman–Crippen MR) is 72.9 cm³/mol. The van der Waals surface area contributed by atoms with Gasteiger partial charge in [-0.25, -0.2) is 4.39 Å². The average Bonchev–Trinajstić information content (AvgIpc) is 2.37. The average molecular weight is 281 g/mol. The summed E-state index contributed by atoms with van der Waals surface area (Å²) in [5, 5.41) is 2.85. The molecule has 0 bridgehead atoms. The molecule has 1 aliphatic rings. The van der Waals surface area contributed by atoms with Crippen LogP contribution in [0.25, 0.3) is 0 Å². The normalized spacial score (nSPS) is 14.4. The van der Waals surface area contributed by atoms with Crippen molar-refractivity contribution in [2.45, 2.75) is 33.8 Å². The van der Waals surface area contributed by atoms with Gasteiger partial charge < -0.3 is 14.8 Å². The summed E-state index contributed by atoms with van der Waals surface area (Å²) in [5.41, 5.74) is 1.05. The van der Waals surface area contributed by atoms with Gasteiger partial charge in [-0.15, -0.1) is 0 Å². The molecule has 0 unspecified atom stereocenters. The molecule has 5 heteroatoms. The number of hydrogen-bond acceptors (Lipinski definition) is 3. The van der Waals surface area contributed by atoms with Crippen molar-refractivity contribution in [1.29, 1.82) is 0 Å². The monoisotopic (exact) mass is 281 g/mol. The lowest BCUT2D eigenvalue weighted by molar-refractivity contribution is -0.128. The van der Waals surface area contributed by atoms with Gasteiger partial charge in [0.25, 0.3) is 0 Å². The van der Waals surface area contributed by atoms with E-state index in [1.807, 2.05) is 20.8 Å². The van der Waals surface area contributed by atoms with Gasteiger partial charge in [-0.2, -0.15) is 0 Å². The minimum atomic E-state index is -0.425. The second-order valence-electron chi connectivity index (χ2n) is 5.92. The van der Waals surface area contributed by atoms with Crippen LogP contribution in [-0.2, 0) is 22.6 Å². The summed E-state index contributed by atoms with van der Waals surface area (Å²) in [6.07, 6.45) is 0.530. The number of benzene rings is 1. The van der Waals surface area contributed by atoms with Crippen LogP contribution in [-0.4, -0.2) is 19.2 Å². The maximum Gasteiger partial charge on any atom is 0.225 e. The van der Waals surface area contributed by atoms with Gasteiger partial charge in [0, 0.05) is 17.5 Å². The molecule has 1 amide bonds. The first kappa shape index (κ1) is 14.8. The van der Waals surface area contributed by atoms with Crippen LogP contribution in [0.15, 0.2) is 12.1 Å². The van der Waals surface area contributed by atoms with Crippen molar-refractivity contribution in [1.82, 2.24) is 5.32 Å². The third kappa shape index (κ3) is 3.48. The van der Waals surface area contributed by atoms with E-state index >= 15 is 0 Å². The Morgan fingerprint density at radius 2 is 2.15 bits per heavy atom. The molecule has 0 spiro atoms. The molecule has 0 aliphatic carbocycles. The van der Waals surface area contributed by atoms with Crippen molar-refractivity contribution in [3.63, 3.8) is 0 Å². The number of rotatable bonds is 3. The van der Waals surface area contributed by atoms with E-state index in [1.54, 1.807) is 0 Å². The highest BCUT2D eigenvalue weighted by Gasteiger charge is 2.21. The van der Waals surface area contributed by atoms with Crippen molar-refractivity contribution in [3.05, 3.63) is 29.1 Å². The fourth-order valence-electron chi connectivity index (χ4n) is 2.02. The van der Waals surface area contributed by atoms with Crippen LogP contribution in [0.5, 0.6) is 5.75 Å². The first-order valence-electron chi connectivity index (χ1n) is 6.68. The minimum Gasteiger partial charge on any atom is -0.467 e. The van der Waals surface area contributed by atoms with Crippen LogP contribution in [0.1, 0.15) is 31.9 Å². The number of carbonyl (C=O) groups is 1. The SMILES string of the molecule is CC(C)(C)C(=O)NCCc1cc(F)cc2c1OCOC2. The smallest absolute Gasteiger partial charge is 0.225 e. The van der Waals surface area contributed by atoms with E-state index in [-0.39, 0.29) is 18.5 Å².